The molecule has 1 aromatic rings. The number of hydrogen-bond donors (Lipinski definition) is 2. The highest BCUT2D eigenvalue weighted by molar-refractivity contribution is 5.22. The molecule has 0 saturated carbocycles. The zero-order valence-corrected chi connectivity index (χ0v) is 7.82. The third kappa shape index (κ3) is 3.35. The van der Waals surface area contributed by atoms with Gasteiger partial charge in [-0.1, -0.05) is 0 Å². The minimum atomic E-state index is 0.198. The Morgan fingerprint density at radius 2 is 2.38 bits per heavy atom. The maximum absolute atomic E-state index is 5.37. The second-order valence-electron chi connectivity index (χ2n) is 2.88. The molecule has 0 aromatic carbocycles. The standard InChI is InChI=1S/C8H14N4O/c1-6(2)13-5-7-3-4-10-8(11-7)12-9/h3-4,6H,5,9H2,1-2H3,(H,10,11,12). The fourth-order valence-electron chi connectivity index (χ4n) is 0.798. The normalized spacial score (nSPS) is 10.5. The summed E-state index contributed by atoms with van der Waals surface area (Å²) in [4.78, 5) is 7.97. The molecule has 0 aliphatic heterocycles. The monoisotopic (exact) mass is 182 g/mol. The molecule has 0 aliphatic carbocycles. The van der Waals surface area contributed by atoms with E-state index in [1.807, 2.05) is 13.8 Å². The molecule has 0 fully saturated rings. The van der Waals surface area contributed by atoms with E-state index in [4.69, 9.17) is 10.6 Å². The van der Waals surface area contributed by atoms with E-state index in [1.165, 1.54) is 0 Å². The van der Waals surface area contributed by atoms with Crippen molar-refractivity contribution in [2.24, 2.45) is 5.84 Å². The molecule has 72 valence electrons. The van der Waals surface area contributed by atoms with Crippen molar-refractivity contribution in [2.45, 2.75) is 26.6 Å². The molecular formula is C8H14N4O. The van der Waals surface area contributed by atoms with E-state index in [0.717, 1.165) is 5.69 Å². The summed E-state index contributed by atoms with van der Waals surface area (Å²) in [6.45, 7) is 4.43. The SMILES string of the molecule is CC(C)OCc1ccnc(NN)n1. The number of hydrazine groups is 1. The van der Waals surface area contributed by atoms with Crippen LogP contribution in [0.25, 0.3) is 0 Å². The van der Waals surface area contributed by atoms with Crippen LogP contribution in [0.1, 0.15) is 19.5 Å². The van der Waals surface area contributed by atoms with Gasteiger partial charge in [-0.15, -0.1) is 0 Å². The highest BCUT2D eigenvalue weighted by Gasteiger charge is 1.99. The molecule has 5 nitrogen and oxygen atoms in total. The molecule has 13 heavy (non-hydrogen) atoms. The Labute approximate surface area is 77.3 Å². The van der Waals surface area contributed by atoms with Crippen LogP contribution in [0.4, 0.5) is 5.95 Å². The average Bonchev–Trinajstić information content (AvgIpc) is 2.15. The molecule has 0 saturated heterocycles. The summed E-state index contributed by atoms with van der Waals surface area (Å²) in [5, 5.41) is 0. The minimum absolute atomic E-state index is 0.198. The maximum Gasteiger partial charge on any atom is 0.237 e. The van der Waals surface area contributed by atoms with Gasteiger partial charge in [-0.2, -0.15) is 0 Å². The van der Waals surface area contributed by atoms with E-state index in [1.54, 1.807) is 12.3 Å². The molecule has 5 heteroatoms. The first-order valence-electron chi connectivity index (χ1n) is 4.12. The first kappa shape index (κ1) is 9.88. The molecule has 0 atom stereocenters. The number of aromatic nitrogens is 2. The molecule has 1 aromatic heterocycles. The number of anilines is 1. The lowest BCUT2D eigenvalue weighted by molar-refractivity contribution is 0.0636. The quantitative estimate of drug-likeness (QED) is 0.529. The van der Waals surface area contributed by atoms with E-state index in [0.29, 0.717) is 12.6 Å². The van der Waals surface area contributed by atoms with Crippen LogP contribution < -0.4 is 11.3 Å². The van der Waals surface area contributed by atoms with Crippen LogP contribution in [-0.4, -0.2) is 16.1 Å². The molecule has 1 rings (SSSR count). The second-order valence-corrected chi connectivity index (χ2v) is 2.88. The summed E-state index contributed by atoms with van der Waals surface area (Å²) in [6.07, 6.45) is 1.84. The Kier molecular flexibility index (Phi) is 3.60. The largest absolute Gasteiger partial charge is 0.373 e. The molecule has 0 spiro atoms. The van der Waals surface area contributed by atoms with Gasteiger partial charge in [-0.25, -0.2) is 15.8 Å². The second kappa shape index (κ2) is 4.74. The Balaban J connectivity index is 2.56. The van der Waals surface area contributed by atoms with Gasteiger partial charge in [0.05, 0.1) is 18.4 Å². The van der Waals surface area contributed by atoms with Crippen LogP contribution in [0.2, 0.25) is 0 Å². The molecular weight excluding hydrogens is 168 g/mol. The lowest BCUT2D eigenvalue weighted by Crippen LogP contribution is -2.12. The van der Waals surface area contributed by atoms with Crippen LogP contribution >= 0.6 is 0 Å². The Morgan fingerprint density at radius 1 is 1.62 bits per heavy atom. The number of rotatable bonds is 4. The number of nitrogens with zero attached hydrogens (tertiary/aromatic N) is 2. The van der Waals surface area contributed by atoms with Gasteiger partial charge in [-0.3, -0.25) is 5.43 Å². The fraction of sp³-hybridized carbons (Fsp3) is 0.500. The van der Waals surface area contributed by atoms with E-state index in [9.17, 15) is 0 Å². The van der Waals surface area contributed by atoms with Crippen LogP contribution in [-0.2, 0) is 11.3 Å². The average molecular weight is 182 g/mol. The van der Waals surface area contributed by atoms with Gasteiger partial charge in [0.25, 0.3) is 0 Å². The summed E-state index contributed by atoms with van der Waals surface area (Å²) in [5.41, 5.74) is 3.19. The summed E-state index contributed by atoms with van der Waals surface area (Å²) in [7, 11) is 0. The number of nitrogens with one attached hydrogen (secondary N) is 1. The van der Waals surface area contributed by atoms with Gasteiger partial charge in [0.1, 0.15) is 0 Å². The van der Waals surface area contributed by atoms with Crippen molar-refractivity contribution in [1.29, 1.82) is 0 Å². The maximum atomic E-state index is 5.37. The first-order chi connectivity index (χ1) is 6.22. The third-order valence-corrected chi connectivity index (χ3v) is 1.41. The molecule has 0 bridgehead atoms. The molecule has 0 aliphatic rings. The van der Waals surface area contributed by atoms with Crippen LogP contribution in [0.15, 0.2) is 12.3 Å². The van der Waals surface area contributed by atoms with Crippen LogP contribution in [0.3, 0.4) is 0 Å². The summed E-state index contributed by atoms with van der Waals surface area (Å²) < 4.78 is 5.37. The van der Waals surface area contributed by atoms with E-state index >= 15 is 0 Å². The van der Waals surface area contributed by atoms with Gasteiger partial charge in [0.15, 0.2) is 0 Å². The van der Waals surface area contributed by atoms with Gasteiger partial charge in [0, 0.05) is 6.20 Å². The van der Waals surface area contributed by atoms with Crippen LogP contribution in [0.5, 0.6) is 0 Å². The van der Waals surface area contributed by atoms with Crippen molar-refractivity contribution in [3.05, 3.63) is 18.0 Å². The fourth-order valence-corrected chi connectivity index (χ4v) is 0.798. The van der Waals surface area contributed by atoms with Crippen LogP contribution in [0, 0.1) is 0 Å². The molecule has 1 heterocycles. The zero-order chi connectivity index (χ0) is 9.68. The Morgan fingerprint density at radius 3 is 3.00 bits per heavy atom. The Hall–Kier alpha value is -1.20. The van der Waals surface area contributed by atoms with Gasteiger partial charge < -0.3 is 4.74 Å². The minimum Gasteiger partial charge on any atom is -0.373 e. The number of nitrogen functional groups attached to an aromatic ring is 1. The van der Waals surface area contributed by atoms with Crippen molar-refractivity contribution in [1.82, 2.24) is 9.97 Å². The molecule has 0 unspecified atom stereocenters. The van der Waals surface area contributed by atoms with Crippen molar-refractivity contribution in [2.75, 3.05) is 5.43 Å². The number of nitrogens with two attached hydrogens (primary N) is 1. The van der Waals surface area contributed by atoms with Gasteiger partial charge in [0.2, 0.25) is 5.95 Å². The predicted molar refractivity (Wildman–Crippen MR) is 49.8 cm³/mol. The number of hydrogen-bond acceptors (Lipinski definition) is 5. The summed E-state index contributed by atoms with van der Waals surface area (Å²) in [5.74, 6) is 5.57. The number of ether oxygens (including phenoxy) is 1. The molecule has 0 amide bonds. The molecule has 0 radical (unpaired) electrons. The highest BCUT2D eigenvalue weighted by Crippen LogP contribution is 2.02. The Bertz CT molecular complexity index is 264. The highest BCUT2D eigenvalue weighted by atomic mass is 16.5. The topological polar surface area (TPSA) is 73.1 Å². The third-order valence-electron chi connectivity index (χ3n) is 1.41. The zero-order valence-electron chi connectivity index (χ0n) is 7.82. The predicted octanol–water partition coefficient (Wildman–Crippen LogP) is 0.687. The van der Waals surface area contributed by atoms with Crippen molar-refractivity contribution in [3.63, 3.8) is 0 Å². The molecule has 3 N–H and O–H groups in total. The lowest BCUT2D eigenvalue weighted by atomic mass is 10.4. The van der Waals surface area contributed by atoms with Crippen molar-refractivity contribution >= 4 is 5.95 Å². The smallest absolute Gasteiger partial charge is 0.237 e. The van der Waals surface area contributed by atoms with Gasteiger partial charge in [-0.05, 0) is 19.9 Å². The van der Waals surface area contributed by atoms with Crippen molar-refractivity contribution in [3.8, 4) is 0 Å². The first-order valence-corrected chi connectivity index (χ1v) is 4.12. The lowest BCUT2D eigenvalue weighted by Gasteiger charge is -2.07. The van der Waals surface area contributed by atoms with E-state index < -0.39 is 0 Å². The van der Waals surface area contributed by atoms with Crippen molar-refractivity contribution < 1.29 is 4.74 Å². The summed E-state index contributed by atoms with van der Waals surface area (Å²) >= 11 is 0. The van der Waals surface area contributed by atoms with E-state index in [-0.39, 0.29) is 6.10 Å². The van der Waals surface area contributed by atoms with Gasteiger partial charge >= 0.3 is 0 Å². The summed E-state index contributed by atoms with van der Waals surface area (Å²) in [6, 6.07) is 1.79. The van der Waals surface area contributed by atoms with E-state index in [2.05, 4.69) is 15.4 Å².